The summed E-state index contributed by atoms with van der Waals surface area (Å²) in [6, 6.07) is 17.3. The van der Waals surface area contributed by atoms with Gasteiger partial charge in [-0.05, 0) is 62.1 Å². The van der Waals surface area contributed by atoms with Crippen LogP contribution in [0.1, 0.15) is 41.5 Å². The van der Waals surface area contributed by atoms with Crippen molar-refractivity contribution in [3.05, 3.63) is 82.8 Å². The zero-order chi connectivity index (χ0) is 31.2. The van der Waals surface area contributed by atoms with E-state index >= 15 is 8.78 Å². The third-order valence-corrected chi connectivity index (χ3v) is 14.1. The highest BCUT2D eigenvalue weighted by Crippen LogP contribution is 2.51. The van der Waals surface area contributed by atoms with Gasteiger partial charge in [-0.1, -0.05) is 71.9 Å². The lowest BCUT2D eigenvalue weighted by atomic mass is 10.0. The Labute approximate surface area is 264 Å². The summed E-state index contributed by atoms with van der Waals surface area (Å²) in [7, 11) is -3.02. The molecule has 0 amide bonds. The summed E-state index contributed by atoms with van der Waals surface area (Å²) in [5, 5.41) is 5.41. The molecule has 5 aromatic rings. The second kappa shape index (κ2) is 11.5. The van der Waals surface area contributed by atoms with Gasteiger partial charge in [0.05, 0.1) is 11.1 Å². The molecule has 6 nitrogen and oxygen atoms in total. The smallest absolute Gasteiger partial charge is 0.288 e. The predicted molar refractivity (Wildman–Crippen MR) is 173 cm³/mol. The number of benzene rings is 2. The number of hydrogen-bond acceptors (Lipinski definition) is 5. The van der Waals surface area contributed by atoms with Crippen molar-refractivity contribution in [1.29, 1.82) is 0 Å². The van der Waals surface area contributed by atoms with Gasteiger partial charge in [0.25, 0.3) is 5.92 Å². The quantitative estimate of drug-likeness (QED) is 0.119. The molecule has 0 bridgehead atoms. The molecule has 3 aromatic heterocycles. The molecule has 11 heteroatoms. The molecule has 0 aliphatic rings. The minimum absolute atomic E-state index is 0.373. The highest BCUT2D eigenvalue weighted by molar-refractivity contribution is 14.1. The average Bonchev–Trinajstić information content (AvgIpc) is 3.50. The summed E-state index contributed by atoms with van der Waals surface area (Å²) in [6.07, 6.45) is 2.90. The van der Waals surface area contributed by atoms with Crippen LogP contribution in [0, 0.1) is 9.58 Å². The normalized spacial score (nSPS) is 13.2. The van der Waals surface area contributed by atoms with Gasteiger partial charge in [0.15, 0.2) is 3.77 Å². The largest absolute Gasteiger partial charge is 0.432 e. The summed E-state index contributed by atoms with van der Waals surface area (Å²) in [5.74, 6) is -3.66. The van der Waals surface area contributed by atoms with E-state index in [4.69, 9.17) is 8.84 Å². The highest BCUT2D eigenvalue weighted by Gasteiger charge is 2.57. The maximum Gasteiger partial charge on any atom is 0.288 e. The van der Waals surface area contributed by atoms with Crippen LogP contribution < -0.4 is 5.19 Å². The zero-order valence-corrected chi connectivity index (χ0v) is 28.1. The molecule has 5 rings (SSSR count). The Kier molecular flexibility index (Phi) is 8.38. The standard InChI is InChI=1S/C32H34F3IN4O2Si/c1-30(2,3)43(31(4,5)6,23-10-8-7-9-11-23)41-19-32(34,35)18-40-17-25(27(39-40)21-12-14-22(33)15-13-21)28-24-16-26(36)42-29(24)38-20-37-28/h7-17,20H,18-19H2,1-6H3. The SMILES string of the molecule is CC(C)(C)[Si](OCC(F)(F)Cn1cc(-c2ncnc3oc(I)cc23)c(-c2ccc(F)cc2)n1)(c1ccccc1)C(C)(C)C. The predicted octanol–water partition coefficient (Wildman–Crippen LogP) is 8.60. The first-order valence-electron chi connectivity index (χ1n) is 13.9. The minimum atomic E-state index is -3.25. The second-order valence-electron chi connectivity index (χ2n) is 12.8. The highest BCUT2D eigenvalue weighted by atomic mass is 127. The lowest BCUT2D eigenvalue weighted by Crippen LogP contribution is -2.64. The average molecular weight is 719 g/mol. The molecule has 0 aliphatic heterocycles. The molecule has 0 N–H and O–H groups in total. The first kappa shape index (κ1) is 31.4. The third kappa shape index (κ3) is 6.16. The number of rotatable bonds is 8. The molecule has 0 fully saturated rings. The van der Waals surface area contributed by atoms with E-state index in [1.807, 2.05) is 52.9 Å². The van der Waals surface area contributed by atoms with Crippen LogP contribution >= 0.6 is 22.6 Å². The van der Waals surface area contributed by atoms with Crippen LogP contribution in [0.2, 0.25) is 10.1 Å². The monoisotopic (exact) mass is 718 g/mol. The molecule has 0 saturated heterocycles. The van der Waals surface area contributed by atoms with Gasteiger partial charge < -0.3 is 8.84 Å². The first-order chi connectivity index (χ1) is 20.1. The number of furan rings is 1. The maximum atomic E-state index is 15.9. The van der Waals surface area contributed by atoms with Crippen LogP contribution in [0.5, 0.6) is 0 Å². The Hall–Kier alpha value is -3.03. The molecule has 0 spiro atoms. The molecule has 0 unspecified atom stereocenters. The summed E-state index contributed by atoms with van der Waals surface area (Å²) < 4.78 is 59.7. The summed E-state index contributed by atoms with van der Waals surface area (Å²) in [6.45, 7) is 11.0. The number of halogens is 4. The molecule has 3 heterocycles. The fraction of sp³-hybridized carbons (Fsp3) is 0.344. The van der Waals surface area contributed by atoms with Gasteiger partial charge in [0.1, 0.15) is 31.0 Å². The van der Waals surface area contributed by atoms with Crippen molar-refractivity contribution in [2.75, 3.05) is 6.61 Å². The van der Waals surface area contributed by atoms with E-state index in [9.17, 15) is 4.39 Å². The minimum Gasteiger partial charge on any atom is -0.432 e. The van der Waals surface area contributed by atoms with Gasteiger partial charge in [0.2, 0.25) is 14.0 Å². The summed E-state index contributed by atoms with van der Waals surface area (Å²) >= 11 is 2.04. The van der Waals surface area contributed by atoms with Crippen molar-refractivity contribution in [2.45, 2.75) is 64.1 Å². The van der Waals surface area contributed by atoms with E-state index in [1.54, 1.807) is 24.4 Å². The zero-order valence-electron chi connectivity index (χ0n) is 25.0. The van der Waals surface area contributed by atoms with Gasteiger partial charge >= 0.3 is 0 Å². The van der Waals surface area contributed by atoms with Crippen LogP contribution in [0.4, 0.5) is 13.2 Å². The van der Waals surface area contributed by atoms with Crippen LogP contribution in [0.15, 0.2) is 77.6 Å². The van der Waals surface area contributed by atoms with Gasteiger partial charge in [-0.2, -0.15) is 5.10 Å². The number of fused-ring (bicyclic) bond motifs is 1. The van der Waals surface area contributed by atoms with E-state index in [2.05, 4.69) is 56.6 Å². The molecule has 0 atom stereocenters. The third-order valence-electron chi connectivity index (χ3n) is 7.62. The van der Waals surface area contributed by atoms with Crippen molar-refractivity contribution in [3.63, 3.8) is 0 Å². The summed E-state index contributed by atoms with van der Waals surface area (Å²) in [4.78, 5) is 8.64. The van der Waals surface area contributed by atoms with Crippen molar-refractivity contribution >= 4 is 47.2 Å². The molecular formula is C32H34F3IN4O2Si. The van der Waals surface area contributed by atoms with Gasteiger partial charge in [-0.3, -0.25) is 4.68 Å². The van der Waals surface area contributed by atoms with Crippen LogP contribution in [0.25, 0.3) is 33.6 Å². The van der Waals surface area contributed by atoms with E-state index in [0.717, 1.165) is 5.19 Å². The molecule has 2 aromatic carbocycles. The Morgan fingerprint density at radius 2 is 1.56 bits per heavy atom. The van der Waals surface area contributed by atoms with Crippen LogP contribution in [-0.4, -0.2) is 40.6 Å². The van der Waals surface area contributed by atoms with Crippen LogP contribution in [0.3, 0.4) is 0 Å². The molecule has 0 aliphatic carbocycles. The first-order valence-corrected chi connectivity index (χ1v) is 16.9. The number of aromatic nitrogens is 4. The van der Waals surface area contributed by atoms with Crippen LogP contribution in [-0.2, 0) is 11.0 Å². The fourth-order valence-corrected chi connectivity index (χ4v) is 12.8. The number of nitrogens with zero attached hydrogens (tertiary/aromatic N) is 4. The van der Waals surface area contributed by atoms with E-state index in [1.165, 1.54) is 23.1 Å². The Morgan fingerprint density at radius 3 is 2.19 bits per heavy atom. The van der Waals surface area contributed by atoms with Crippen molar-refractivity contribution in [1.82, 2.24) is 19.7 Å². The molecule has 43 heavy (non-hydrogen) atoms. The summed E-state index contributed by atoms with van der Waals surface area (Å²) in [5.41, 5.74) is 2.32. The molecule has 226 valence electrons. The van der Waals surface area contributed by atoms with Crippen molar-refractivity contribution in [2.24, 2.45) is 0 Å². The maximum absolute atomic E-state index is 15.9. The number of alkyl halides is 2. The molecule has 0 saturated carbocycles. The van der Waals surface area contributed by atoms with Gasteiger partial charge in [-0.15, -0.1) is 0 Å². The van der Waals surface area contributed by atoms with E-state index in [-0.39, 0.29) is 10.1 Å². The van der Waals surface area contributed by atoms with E-state index < -0.39 is 33.2 Å². The second-order valence-corrected chi connectivity index (χ2v) is 19.1. The lowest BCUT2D eigenvalue weighted by molar-refractivity contribution is -0.0617. The Bertz CT molecular complexity index is 1710. The van der Waals surface area contributed by atoms with Crippen molar-refractivity contribution in [3.8, 4) is 22.5 Å². The van der Waals surface area contributed by atoms with E-state index in [0.29, 0.717) is 37.4 Å². The van der Waals surface area contributed by atoms with Gasteiger partial charge in [0, 0.05) is 23.4 Å². The molecular weight excluding hydrogens is 684 g/mol. The Morgan fingerprint density at radius 1 is 0.907 bits per heavy atom. The lowest BCUT2D eigenvalue weighted by Gasteiger charge is -2.51. The van der Waals surface area contributed by atoms with Gasteiger partial charge in [-0.25, -0.2) is 23.1 Å². The topological polar surface area (TPSA) is 66.0 Å². The van der Waals surface area contributed by atoms with Crippen molar-refractivity contribution < 1.29 is 22.0 Å². The molecule has 0 radical (unpaired) electrons. The fourth-order valence-electron chi connectivity index (χ4n) is 6.21. The Balaban J connectivity index is 1.53. The number of hydrogen-bond donors (Lipinski definition) is 0.